The molecule has 2 rings (SSSR count). The molecule has 0 fully saturated rings. The topological polar surface area (TPSA) is 58.6 Å². The van der Waals surface area contributed by atoms with Crippen molar-refractivity contribution in [2.24, 2.45) is 0 Å². The molecule has 0 radical (unpaired) electrons. The smallest absolute Gasteiger partial charge is 0.255 e. The molecule has 2 aromatic carbocycles. The molecule has 0 heterocycles. The molecule has 1 amide bonds. The number of nitrogens with one attached hydrogen (secondary N) is 1. The minimum atomic E-state index is -0.260. The van der Waals surface area contributed by atoms with Gasteiger partial charge >= 0.3 is 0 Å². The van der Waals surface area contributed by atoms with Crippen LogP contribution in [0.15, 0.2) is 42.5 Å². The number of ether oxygens (including phenoxy) is 1. The molecule has 0 aliphatic rings. The van der Waals surface area contributed by atoms with Gasteiger partial charge < -0.3 is 15.2 Å². The van der Waals surface area contributed by atoms with Crippen molar-refractivity contribution in [2.45, 2.75) is 13.8 Å². The number of rotatable bonds is 4. The quantitative estimate of drug-likeness (QED) is 0.896. The number of anilines is 1. The maximum absolute atomic E-state index is 12.0. The van der Waals surface area contributed by atoms with E-state index in [-0.39, 0.29) is 11.7 Å². The molecule has 0 saturated carbocycles. The van der Waals surface area contributed by atoms with E-state index >= 15 is 0 Å². The Labute approximate surface area is 118 Å². The Balaban J connectivity index is 2.08. The SMILES string of the molecule is CCOc1ccc(NC(=O)c2ccc(C)c(O)c2)cc1. The first kappa shape index (κ1) is 13.9. The molecule has 0 spiro atoms. The summed E-state index contributed by atoms with van der Waals surface area (Å²) in [7, 11) is 0. The summed E-state index contributed by atoms with van der Waals surface area (Å²) in [5, 5.41) is 12.4. The van der Waals surface area contributed by atoms with Crippen LogP contribution in [0.4, 0.5) is 5.69 Å². The van der Waals surface area contributed by atoms with E-state index in [1.165, 1.54) is 6.07 Å². The van der Waals surface area contributed by atoms with Crippen LogP contribution in [0.1, 0.15) is 22.8 Å². The molecule has 0 bridgehead atoms. The van der Waals surface area contributed by atoms with Gasteiger partial charge in [0.25, 0.3) is 5.91 Å². The first-order valence-electron chi connectivity index (χ1n) is 6.44. The van der Waals surface area contributed by atoms with E-state index in [0.29, 0.717) is 17.9 Å². The minimum absolute atomic E-state index is 0.115. The van der Waals surface area contributed by atoms with Gasteiger partial charge in [0.05, 0.1) is 6.61 Å². The van der Waals surface area contributed by atoms with Crippen molar-refractivity contribution >= 4 is 11.6 Å². The lowest BCUT2D eigenvalue weighted by Gasteiger charge is -2.08. The molecule has 104 valence electrons. The standard InChI is InChI=1S/C16H17NO3/c1-3-20-14-8-6-13(7-9-14)17-16(19)12-5-4-11(2)15(18)10-12/h4-10,18H,3H2,1-2H3,(H,17,19). The van der Waals surface area contributed by atoms with E-state index < -0.39 is 0 Å². The van der Waals surface area contributed by atoms with Gasteiger partial charge in [-0.3, -0.25) is 4.79 Å². The van der Waals surface area contributed by atoms with E-state index in [9.17, 15) is 9.90 Å². The number of phenolic OH excluding ortho intramolecular Hbond substituents is 1. The van der Waals surface area contributed by atoms with Crippen molar-refractivity contribution < 1.29 is 14.6 Å². The Morgan fingerprint density at radius 1 is 1.20 bits per heavy atom. The van der Waals surface area contributed by atoms with Gasteiger partial charge in [0.1, 0.15) is 11.5 Å². The fraction of sp³-hybridized carbons (Fsp3) is 0.188. The van der Waals surface area contributed by atoms with Crippen LogP contribution in [-0.2, 0) is 0 Å². The van der Waals surface area contributed by atoms with Crippen LogP contribution in [0, 0.1) is 6.92 Å². The van der Waals surface area contributed by atoms with Crippen LogP contribution < -0.4 is 10.1 Å². The molecule has 0 atom stereocenters. The van der Waals surface area contributed by atoms with Gasteiger partial charge in [0.2, 0.25) is 0 Å². The highest BCUT2D eigenvalue weighted by atomic mass is 16.5. The average Bonchev–Trinajstić information content (AvgIpc) is 2.44. The van der Waals surface area contributed by atoms with Gasteiger partial charge in [-0.15, -0.1) is 0 Å². The number of phenols is 1. The van der Waals surface area contributed by atoms with Gasteiger partial charge in [-0.2, -0.15) is 0 Å². The zero-order valence-corrected chi connectivity index (χ0v) is 11.5. The number of carbonyl (C=O) groups excluding carboxylic acids is 1. The first-order valence-corrected chi connectivity index (χ1v) is 6.44. The zero-order valence-electron chi connectivity index (χ0n) is 11.5. The Morgan fingerprint density at radius 2 is 1.90 bits per heavy atom. The van der Waals surface area contributed by atoms with Gasteiger partial charge in [-0.25, -0.2) is 0 Å². The van der Waals surface area contributed by atoms with Gasteiger partial charge in [0, 0.05) is 11.3 Å². The third-order valence-electron chi connectivity index (χ3n) is 2.89. The summed E-state index contributed by atoms with van der Waals surface area (Å²) in [4.78, 5) is 12.0. The Kier molecular flexibility index (Phi) is 4.25. The van der Waals surface area contributed by atoms with Crippen molar-refractivity contribution in [1.82, 2.24) is 0 Å². The predicted molar refractivity (Wildman–Crippen MR) is 78.4 cm³/mol. The summed E-state index contributed by atoms with van der Waals surface area (Å²) >= 11 is 0. The normalized spacial score (nSPS) is 10.1. The summed E-state index contributed by atoms with van der Waals surface area (Å²) in [6.45, 7) is 4.30. The van der Waals surface area contributed by atoms with Crippen molar-refractivity contribution in [3.63, 3.8) is 0 Å². The molecule has 0 aliphatic heterocycles. The number of benzene rings is 2. The van der Waals surface area contributed by atoms with Gasteiger partial charge in [0.15, 0.2) is 0 Å². The summed E-state index contributed by atoms with van der Waals surface area (Å²) in [6, 6.07) is 12.0. The van der Waals surface area contributed by atoms with Crippen molar-refractivity contribution in [3.05, 3.63) is 53.6 Å². The van der Waals surface area contributed by atoms with Crippen LogP contribution in [-0.4, -0.2) is 17.6 Å². The number of amides is 1. The molecule has 0 unspecified atom stereocenters. The summed E-state index contributed by atoms with van der Waals surface area (Å²) < 4.78 is 5.33. The monoisotopic (exact) mass is 271 g/mol. The van der Waals surface area contributed by atoms with Crippen molar-refractivity contribution in [1.29, 1.82) is 0 Å². The molecule has 4 nitrogen and oxygen atoms in total. The summed E-state index contributed by atoms with van der Waals surface area (Å²) in [5.41, 5.74) is 1.84. The van der Waals surface area contributed by atoms with Crippen LogP contribution in [0.2, 0.25) is 0 Å². The molecule has 0 aromatic heterocycles. The van der Waals surface area contributed by atoms with E-state index in [2.05, 4.69) is 5.32 Å². The largest absolute Gasteiger partial charge is 0.508 e. The molecule has 2 aromatic rings. The summed E-state index contributed by atoms with van der Waals surface area (Å²) in [5.74, 6) is 0.618. The molecule has 4 heteroatoms. The van der Waals surface area contributed by atoms with E-state index in [1.54, 1.807) is 43.3 Å². The number of aryl methyl sites for hydroxylation is 1. The molecule has 20 heavy (non-hydrogen) atoms. The second-order valence-corrected chi connectivity index (χ2v) is 4.41. The lowest BCUT2D eigenvalue weighted by Crippen LogP contribution is -2.11. The van der Waals surface area contributed by atoms with Gasteiger partial charge in [-0.1, -0.05) is 6.07 Å². The third-order valence-corrected chi connectivity index (χ3v) is 2.89. The fourth-order valence-corrected chi connectivity index (χ4v) is 1.76. The van der Waals surface area contributed by atoms with E-state index in [0.717, 1.165) is 11.3 Å². The van der Waals surface area contributed by atoms with Crippen LogP contribution >= 0.6 is 0 Å². The minimum Gasteiger partial charge on any atom is -0.508 e. The van der Waals surface area contributed by atoms with E-state index in [1.807, 2.05) is 6.92 Å². The number of hydrogen-bond donors (Lipinski definition) is 2. The maximum atomic E-state index is 12.0. The number of aromatic hydroxyl groups is 1. The van der Waals surface area contributed by atoms with Crippen molar-refractivity contribution in [2.75, 3.05) is 11.9 Å². The molecule has 2 N–H and O–H groups in total. The Bertz CT molecular complexity index is 606. The van der Waals surface area contributed by atoms with Crippen LogP contribution in [0.5, 0.6) is 11.5 Å². The molecule has 0 saturated heterocycles. The number of hydrogen-bond acceptors (Lipinski definition) is 3. The lowest BCUT2D eigenvalue weighted by atomic mass is 10.1. The van der Waals surface area contributed by atoms with Gasteiger partial charge in [-0.05, 0) is 55.8 Å². The predicted octanol–water partition coefficient (Wildman–Crippen LogP) is 3.35. The average molecular weight is 271 g/mol. The second kappa shape index (κ2) is 6.10. The lowest BCUT2D eigenvalue weighted by molar-refractivity contribution is 0.102. The van der Waals surface area contributed by atoms with Crippen molar-refractivity contribution in [3.8, 4) is 11.5 Å². The molecular formula is C16H17NO3. The van der Waals surface area contributed by atoms with Crippen LogP contribution in [0.3, 0.4) is 0 Å². The molecule has 0 aliphatic carbocycles. The zero-order chi connectivity index (χ0) is 14.5. The molecular weight excluding hydrogens is 254 g/mol. The van der Waals surface area contributed by atoms with E-state index in [4.69, 9.17) is 4.74 Å². The number of carbonyl (C=O) groups is 1. The fourth-order valence-electron chi connectivity index (χ4n) is 1.76. The first-order chi connectivity index (χ1) is 9.60. The van der Waals surface area contributed by atoms with Crippen LogP contribution in [0.25, 0.3) is 0 Å². The Morgan fingerprint density at radius 3 is 2.50 bits per heavy atom. The highest BCUT2D eigenvalue weighted by molar-refractivity contribution is 6.04. The second-order valence-electron chi connectivity index (χ2n) is 4.41. The summed E-state index contributed by atoms with van der Waals surface area (Å²) in [6.07, 6.45) is 0. The third kappa shape index (κ3) is 3.29. The Hall–Kier alpha value is -2.49. The highest BCUT2D eigenvalue weighted by Gasteiger charge is 2.08. The highest BCUT2D eigenvalue weighted by Crippen LogP contribution is 2.20. The maximum Gasteiger partial charge on any atom is 0.255 e.